The number of hydrogen-bond donors (Lipinski definition) is 1. The number of aryl methyl sites for hydroxylation is 1. The number of nitrogens with one attached hydrogen (secondary N) is 1. The maximum Gasteiger partial charge on any atom is 0.0897 e. The topological polar surface area (TPSA) is 41.1 Å². The zero-order valence-electron chi connectivity index (χ0n) is 11.5. The van der Waals surface area contributed by atoms with E-state index in [0.717, 1.165) is 31.2 Å². The molecule has 0 amide bonds. The van der Waals surface area contributed by atoms with Gasteiger partial charge < -0.3 is 5.32 Å². The van der Waals surface area contributed by atoms with Crippen molar-refractivity contribution in [3.05, 3.63) is 46.2 Å². The molecule has 0 radical (unpaired) electrons. The van der Waals surface area contributed by atoms with Crippen molar-refractivity contribution in [1.82, 2.24) is 20.2 Å². The highest BCUT2D eigenvalue weighted by molar-refractivity contribution is 7.11. The molecule has 0 saturated carbocycles. The maximum absolute atomic E-state index is 4.35. The van der Waals surface area contributed by atoms with Crippen molar-refractivity contribution in [3.63, 3.8) is 0 Å². The van der Waals surface area contributed by atoms with E-state index >= 15 is 0 Å². The van der Waals surface area contributed by atoms with E-state index in [4.69, 9.17) is 0 Å². The highest BCUT2D eigenvalue weighted by Gasteiger charge is 2.24. The molecule has 3 heterocycles. The number of aromatic nitrogens is 2. The molecule has 20 heavy (non-hydrogen) atoms. The lowest BCUT2D eigenvalue weighted by Crippen LogP contribution is -2.45. The first-order chi connectivity index (χ1) is 9.33. The minimum Gasteiger partial charge on any atom is -0.314 e. The maximum atomic E-state index is 4.35. The van der Waals surface area contributed by atoms with E-state index in [-0.39, 0.29) is 12.4 Å². The van der Waals surface area contributed by atoms with Crippen LogP contribution in [-0.4, -0.2) is 34.5 Å². The van der Waals surface area contributed by atoms with Crippen LogP contribution >= 0.6 is 23.7 Å². The predicted octanol–water partition coefficient (Wildman–Crippen LogP) is 2.41. The molecule has 1 aliphatic rings. The first-order valence-corrected chi connectivity index (χ1v) is 7.40. The van der Waals surface area contributed by atoms with Crippen molar-refractivity contribution in [2.24, 2.45) is 0 Å². The summed E-state index contributed by atoms with van der Waals surface area (Å²) in [6, 6.07) is 4.66. The van der Waals surface area contributed by atoms with Gasteiger partial charge >= 0.3 is 0 Å². The summed E-state index contributed by atoms with van der Waals surface area (Å²) in [5.41, 5.74) is 1.34. The fourth-order valence-electron chi connectivity index (χ4n) is 2.53. The van der Waals surface area contributed by atoms with Gasteiger partial charge in [0.15, 0.2) is 0 Å². The van der Waals surface area contributed by atoms with Gasteiger partial charge in [0.05, 0.1) is 5.01 Å². The second-order valence-electron chi connectivity index (χ2n) is 4.82. The molecule has 108 valence electrons. The number of pyridine rings is 1. The summed E-state index contributed by atoms with van der Waals surface area (Å²) in [6.45, 7) is 6.18. The van der Waals surface area contributed by atoms with E-state index in [9.17, 15) is 0 Å². The Bertz CT molecular complexity index is 531. The fourth-order valence-corrected chi connectivity index (χ4v) is 3.35. The SMILES string of the molecule is Cc1ncc(CN2CCNCC2c2ccncc2)s1.Cl. The summed E-state index contributed by atoms with van der Waals surface area (Å²) in [4.78, 5) is 12.3. The van der Waals surface area contributed by atoms with Crippen molar-refractivity contribution < 1.29 is 0 Å². The van der Waals surface area contributed by atoms with Crippen LogP contribution in [0.3, 0.4) is 0 Å². The summed E-state index contributed by atoms with van der Waals surface area (Å²) < 4.78 is 0. The van der Waals surface area contributed by atoms with Gasteiger partial charge in [-0.1, -0.05) is 0 Å². The molecule has 0 spiro atoms. The minimum atomic E-state index is 0. The minimum absolute atomic E-state index is 0. The van der Waals surface area contributed by atoms with E-state index in [0.29, 0.717) is 6.04 Å². The second kappa shape index (κ2) is 7.13. The van der Waals surface area contributed by atoms with E-state index in [1.807, 2.05) is 18.6 Å². The Hall–Kier alpha value is -1.01. The van der Waals surface area contributed by atoms with Crippen LogP contribution in [0.2, 0.25) is 0 Å². The molecule has 1 fully saturated rings. The van der Waals surface area contributed by atoms with Crippen LogP contribution in [0.1, 0.15) is 21.5 Å². The lowest BCUT2D eigenvalue weighted by atomic mass is 10.0. The largest absolute Gasteiger partial charge is 0.314 e. The quantitative estimate of drug-likeness (QED) is 0.945. The van der Waals surface area contributed by atoms with E-state index in [2.05, 4.69) is 39.2 Å². The van der Waals surface area contributed by atoms with Crippen molar-refractivity contribution >= 4 is 23.7 Å². The average molecular weight is 311 g/mol. The van der Waals surface area contributed by atoms with E-state index in [1.54, 1.807) is 11.3 Å². The Kier molecular flexibility index (Phi) is 5.48. The van der Waals surface area contributed by atoms with Crippen LogP contribution in [0.4, 0.5) is 0 Å². The Balaban J connectivity index is 0.00000147. The molecule has 1 atom stereocenters. The van der Waals surface area contributed by atoms with Gasteiger partial charge in [0, 0.05) is 55.7 Å². The standard InChI is InChI=1S/C14H18N4S.ClH/c1-11-17-8-13(19-11)10-18-7-6-16-9-14(18)12-2-4-15-5-3-12;/h2-5,8,14,16H,6-7,9-10H2,1H3;1H. The van der Waals surface area contributed by atoms with Crippen LogP contribution in [0, 0.1) is 6.92 Å². The third-order valence-corrected chi connectivity index (χ3v) is 4.37. The van der Waals surface area contributed by atoms with Crippen LogP contribution in [0.25, 0.3) is 0 Å². The number of hydrogen-bond acceptors (Lipinski definition) is 5. The Morgan fingerprint density at radius 1 is 1.40 bits per heavy atom. The summed E-state index contributed by atoms with van der Waals surface area (Å²) in [6.07, 6.45) is 5.75. The van der Waals surface area contributed by atoms with Crippen LogP contribution in [-0.2, 0) is 6.54 Å². The number of halogens is 1. The molecule has 6 heteroatoms. The molecule has 2 aromatic rings. The van der Waals surface area contributed by atoms with Gasteiger partial charge in [-0.25, -0.2) is 4.98 Å². The lowest BCUT2D eigenvalue weighted by Gasteiger charge is -2.36. The van der Waals surface area contributed by atoms with E-state index in [1.165, 1.54) is 10.4 Å². The molecule has 1 aliphatic heterocycles. The monoisotopic (exact) mass is 310 g/mol. The van der Waals surface area contributed by atoms with Gasteiger partial charge in [0.25, 0.3) is 0 Å². The summed E-state index contributed by atoms with van der Waals surface area (Å²) >= 11 is 1.79. The van der Waals surface area contributed by atoms with Crippen LogP contribution < -0.4 is 5.32 Å². The number of nitrogens with zero attached hydrogens (tertiary/aromatic N) is 3. The normalized spacial score (nSPS) is 19.6. The Labute approximate surface area is 129 Å². The fraction of sp³-hybridized carbons (Fsp3) is 0.429. The molecule has 0 aromatic carbocycles. The molecule has 1 saturated heterocycles. The average Bonchev–Trinajstić information content (AvgIpc) is 2.86. The summed E-state index contributed by atoms with van der Waals surface area (Å²) in [5.74, 6) is 0. The molecule has 2 aromatic heterocycles. The van der Waals surface area contributed by atoms with Gasteiger partial charge in [-0.3, -0.25) is 9.88 Å². The molecule has 0 aliphatic carbocycles. The van der Waals surface area contributed by atoms with Gasteiger partial charge in [0.1, 0.15) is 0 Å². The number of rotatable bonds is 3. The third kappa shape index (κ3) is 3.55. The zero-order valence-corrected chi connectivity index (χ0v) is 13.1. The van der Waals surface area contributed by atoms with Crippen molar-refractivity contribution in [3.8, 4) is 0 Å². The number of piperazine rings is 1. The van der Waals surface area contributed by atoms with Gasteiger partial charge in [-0.05, 0) is 24.6 Å². The van der Waals surface area contributed by atoms with Crippen LogP contribution in [0.5, 0.6) is 0 Å². The summed E-state index contributed by atoms with van der Waals surface area (Å²) in [7, 11) is 0. The smallest absolute Gasteiger partial charge is 0.0897 e. The highest BCUT2D eigenvalue weighted by atomic mass is 35.5. The van der Waals surface area contributed by atoms with Crippen LogP contribution in [0.15, 0.2) is 30.7 Å². The van der Waals surface area contributed by atoms with Gasteiger partial charge in [-0.2, -0.15) is 0 Å². The molecule has 3 rings (SSSR count). The van der Waals surface area contributed by atoms with Crippen molar-refractivity contribution in [1.29, 1.82) is 0 Å². The third-order valence-electron chi connectivity index (χ3n) is 3.47. The lowest BCUT2D eigenvalue weighted by molar-refractivity contribution is 0.155. The molecular weight excluding hydrogens is 292 g/mol. The van der Waals surface area contributed by atoms with Gasteiger partial charge in [0.2, 0.25) is 0 Å². The second-order valence-corrected chi connectivity index (χ2v) is 6.14. The highest BCUT2D eigenvalue weighted by Crippen LogP contribution is 2.25. The first kappa shape index (κ1) is 15.4. The molecular formula is C14H19ClN4S. The van der Waals surface area contributed by atoms with Gasteiger partial charge in [-0.15, -0.1) is 23.7 Å². The molecule has 0 bridgehead atoms. The number of thiazole rings is 1. The Morgan fingerprint density at radius 2 is 2.20 bits per heavy atom. The molecule has 1 N–H and O–H groups in total. The van der Waals surface area contributed by atoms with Crippen molar-refractivity contribution in [2.45, 2.75) is 19.5 Å². The predicted molar refractivity (Wildman–Crippen MR) is 84.4 cm³/mol. The van der Waals surface area contributed by atoms with Crippen molar-refractivity contribution in [2.75, 3.05) is 19.6 Å². The molecule has 1 unspecified atom stereocenters. The first-order valence-electron chi connectivity index (χ1n) is 6.59. The Morgan fingerprint density at radius 3 is 2.90 bits per heavy atom. The summed E-state index contributed by atoms with van der Waals surface area (Å²) in [5, 5.41) is 4.62. The molecule has 4 nitrogen and oxygen atoms in total. The zero-order chi connectivity index (χ0) is 13.1. The van der Waals surface area contributed by atoms with E-state index < -0.39 is 0 Å².